The lowest BCUT2D eigenvalue weighted by atomic mass is 10.2. The average molecular weight is 309 g/mol. The summed E-state index contributed by atoms with van der Waals surface area (Å²) in [7, 11) is 0. The Hall–Kier alpha value is 1.70. The highest BCUT2D eigenvalue weighted by atomic mass is 35.6. The number of alkyl halides is 6. The number of hydrogen-bond donors (Lipinski definition) is 1. The minimum atomic E-state index is -1.52. The van der Waals surface area contributed by atoms with Crippen LogP contribution in [0.3, 0.4) is 0 Å². The van der Waals surface area contributed by atoms with Gasteiger partial charge in [0.15, 0.2) is 3.79 Å². The smallest absolute Gasteiger partial charge is 0.193 e. The SMILES string of the molecule is OCC(Cl)CC(Cl)(Cl)CC(Cl)(Cl)Cl. The summed E-state index contributed by atoms with van der Waals surface area (Å²) in [6.45, 7) is -0.220. The van der Waals surface area contributed by atoms with Crippen molar-refractivity contribution in [3.8, 4) is 0 Å². The molecule has 1 atom stereocenters. The molecule has 1 N–H and O–H groups in total. The van der Waals surface area contributed by atoms with E-state index < -0.39 is 13.5 Å². The van der Waals surface area contributed by atoms with Crippen molar-refractivity contribution in [3.05, 3.63) is 0 Å². The van der Waals surface area contributed by atoms with E-state index in [0.717, 1.165) is 0 Å². The van der Waals surface area contributed by atoms with Gasteiger partial charge in [0.1, 0.15) is 4.33 Å². The Morgan fingerprint density at radius 2 is 1.54 bits per heavy atom. The molecular weight excluding hydrogens is 301 g/mol. The molecule has 1 nitrogen and oxygen atoms in total. The molecule has 13 heavy (non-hydrogen) atoms. The maximum Gasteiger partial charge on any atom is 0.193 e. The van der Waals surface area contributed by atoms with Crippen LogP contribution in [0.4, 0.5) is 0 Å². The number of hydrogen-bond acceptors (Lipinski definition) is 1. The summed E-state index contributed by atoms with van der Waals surface area (Å²) < 4.78 is -2.75. The lowest BCUT2D eigenvalue weighted by Gasteiger charge is -2.25. The van der Waals surface area contributed by atoms with Crippen molar-refractivity contribution >= 4 is 69.6 Å². The first kappa shape index (κ1) is 14.7. The third kappa shape index (κ3) is 8.68. The molecule has 0 rings (SSSR count). The summed E-state index contributed by atoms with van der Waals surface area (Å²) in [6.07, 6.45) is 0.110. The van der Waals surface area contributed by atoms with Gasteiger partial charge in [-0.1, -0.05) is 34.8 Å². The van der Waals surface area contributed by atoms with E-state index in [4.69, 9.17) is 74.7 Å². The molecule has 0 aromatic heterocycles. The predicted molar refractivity (Wildman–Crippen MR) is 60.7 cm³/mol. The van der Waals surface area contributed by atoms with Crippen LogP contribution in [0.15, 0.2) is 0 Å². The molecule has 0 spiro atoms. The van der Waals surface area contributed by atoms with Gasteiger partial charge in [-0.3, -0.25) is 0 Å². The lowest BCUT2D eigenvalue weighted by Crippen LogP contribution is -2.26. The minimum Gasteiger partial charge on any atom is -0.395 e. The standard InChI is InChI=1S/C6H8Cl6O/c7-4(2-13)1-5(8,9)3-6(10,11)12/h4,13H,1-3H2. The van der Waals surface area contributed by atoms with Gasteiger partial charge in [-0.2, -0.15) is 0 Å². The molecule has 0 aromatic carbocycles. The Balaban J connectivity index is 4.08. The zero-order valence-corrected chi connectivity index (χ0v) is 10.9. The third-order valence-corrected chi connectivity index (χ3v) is 2.45. The van der Waals surface area contributed by atoms with Crippen molar-refractivity contribution in [1.29, 1.82) is 0 Å². The maximum absolute atomic E-state index is 8.65. The molecule has 0 radical (unpaired) electrons. The minimum absolute atomic E-state index is 0.0446. The second kappa shape index (κ2) is 5.69. The van der Waals surface area contributed by atoms with Gasteiger partial charge in [0.2, 0.25) is 0 Å². The van der Waals surface area contributed by atoms with E-state index in [0.29, 0.717) is 0 Å². The van der Waals surface area contributed by atoms with Crippen molar-refractivity contribution in [2.24, 2.45) is 0 Å². The van der Waals surface area contributed by atoms with Crippen LogP contribution in [-0.2, 0) is 0 Å². The predicted octanol–water partition coefficient (Wildman–Crippen LogP) is 3.91. The normalized spacial score (nSPS) is 15.9. The molecule has 0 aliphatic carbocycles. The Kier molecular flexibility index (Phi) is 6.44. The second-order valence-corrected chi connectivity index (χ2v) is 7.41. The second-order valence-electron chi connectivity index (χ2n) is 2.63. The van der Waals surface area contributed by atoms with Gasteiger partial charge in [0.05, 0.1) is 12.0 Å². The molecule has 0 saturated carbocycles. The third-order valence-electron chi connectivity index (χ3n) is 1.18. The van der Waals surface area contributed by atoms with Gasteiger partial charge in [-0.15, -0.1) is 34.8 Å². The van der Waals surface area contributed by atoms with Crippen LogP contribution >= 0.6 is 69.6 Å². The van der Waals surface area contributed by atoms with E-state index in [-0.39, 0.29) is 19.4 Å². The summed E-state index contributed by atoms with van der Waals surface area (Å²) in [6, 6.07) is 0. The number of aliphatic hydroxyl groups is 1. The van der Waals surface area contributed by atoms with E-state index in [1.165, 1.54) is 0 Å². The average Bonchev–Trinajstić information content (AvgIpc) is 1.80. The summed E-state index contributed by atoms with van der Waals surface area (Å²) in [5, 5.41) is 8.11. The van der Waals surface area contributed by atoms with Crippen molar-refractivity contribution in [2.75, 3.05) is 6.61 Å². The summed E-state index contributed by atoms with van der Waals surface area (Å²) >= 11 is 33.8. The van der Waals surface area contributed by atoms with Crippen LogP contribution in [-0.4, -0.2) is 25.2 Å². The van der Waals surface area contributed by atoms with E-state index in [1.54, 1.807) is 0 Å². The fourth-order valence-corrected chi connectivity index (χ4v) is 3.04. The van der Waals surface area contributed by atoms with Crippen molar-refractivity contribution in [2.45, 2.75) is 26.3 Å². The van der Waals surface area contributed by atoms with E-state index in [2.05, 4.69) is 0 Å². The Bertz CT molecular complexity index is 154. The summed E-state index contributed by atoms with van der Waals surface area (Å²) in [5.41, 5.74) is 0. The maximum atomic E-state index is 8.65. The summed E-state index contributed by atoms with van der Waals surface area (Å²) in [4.78, 5) is 0. The first-order chi connectivity index (χ1) is 5.66. The zero-order valence-electron chi connectivity index (χ0n) is 6.41. The van der Waals surface area contributed by atoms with E-state index >= 15 is 0 Å². The quantitative estimate of drug-likeness (QED) is 0.781. The Morgan fingerprint density at radius 3 is 1.85 bits per heavy atom. The van der Waals surface area contributed by atoms with Crippen LogP contribution in [0, 0.1) is 0 Å². The van der Waals surface area contributed by atoms with Gasteiger partial charge in [-0.05, 0) is 6.42 Å². The topological polar surface area (TPSA) is 20.2 Å². The molecule has 0 aliphatic heterocycles. The monoisotopic (exact) mass is 306 g/mol. The molecule has 7 heteroatoms. The van der Waals surface area contributed by atoms with Crippen molar-refractivity contribution in [1.82, 2.24) is 0 Å². The van der Waals surface area contributed by atoms with Crippen LogP contribution in [0.5, 0.6) is 0 Å². The zero-order chi connectivity index (χ0) is 10.7. The molecule has 0 aliphatic rings. The molecule has 0 heterocycles. The van der Waals surface area contributed by atoms with Gasteiger partial charge in [-0.25, -0.2) is 0 Å². The molecule has 1 unspecified atom stereocenters. The molecule has 0 saturated heterocycles. The number of halogens is 6. The molecule has 80 valence electrons. The molecule has 0 bridgehead atoms. The molecule has 0 amide bonds. The van der Waals surface area contributed by atoms with Crippen LogP contribution < -0.4 is 0 Å². The van der Waals surface area contributed by atoms with Gasteiger partial charge >= 0.3 is 0 Å². The van der Waals surface area contributed by atoms with E-state index in [1.807, 2.05) is 0 Å². The molecule has 0 aromatic rings. The van der Waals surface area contributed by atoms with Crippen LogP contribution in [0.25, 0.3) is 0 Å². The fourth-order valence-electron chi connectivity index (χ4n) is 0.754. The Labute approximate surface area is 107 Å². The highest BCUT2D eigenvalue weighted by Crippen LogP contribution is 2.43. The highest BCUT2D eigenvalue weighted by molar-refractivity contribution is 6.68. The first-order valence-corrected chi connectivity index (χ1v) is 5.68. The van der Waals surface area contributed by atoms with Gasteiger partial charge in [0.25, 0.3) is 0 Å². The van der Waals surface area contributed by atoms with Gasteiger partial charge < -0.3 is 5.11 Å². The van der Waals surface area contributed by atoms with Crippen molar-refractivity contribution < 1.29 is 5.11 Å². The molecule has 0 fully saturated rings. The van der Waals surface area contributed by atoms with Crippen LogP contribution in [0.1, 0.15) is 12.8 Å². The Morgan fingerprint density at radius 1 is 1.08 bits per heavy atom. The van der Waals surface area contributed by atoms with Gasteiger partial charge in [0, 0.05) is 6.42 Å². The number of rotatable bonds is 4. The highest BCUT2D eigenvalue weighted by Gasteiger charge is 2.36. The fraction of sp³-hybridized carbons (Fsp3) is 1.00. The molecular formula is C6H8Cl6O. The van der Waals surface area contributed by atoms with Crippen LogP contribution in [0.2, 0.25) is 0 Å². The first-order valence-electron chi connectivity index (χ1n) is 3.36. The lowest BCUT2D eigenvalue weighted by molar-refractivity contribution is 0.284. The largest absolute Gasteiger partial charge is 0.395 e. The number of aliphatic hydroxyl groups excluding tert-OH is 1. The van der Waals surface area contributed by atoms with Crippen molar-refractivity contribution in [3.63, 3.8) is 0 Å². The summed E-state index contributed by atoms with van der Waals surface area (Å²) in [5.74, 6) is 0. The van der Waals surface area contributed by atoms with E-state index in [9.17, 15) is 0 Å².